The molecule has 140 valence electrons. The van der Waals surface area contributed by atoms with Gasteiger partial charge in [0, 0.05) is 25.3 Å². The van der Waals surface area contributed by atoms with Gasteiger partial charge >= 0.3 is 0 Å². The van der Waals surface area contributed by atoms with Gasteiger partial charge in [0.05, 0.1) is 6.20 Å². The average Bonchev–Trinajstić information content (AvgIpc) is 3.17. The molecule has 6 heteroatoms. The summed E-state index contributed by atoms with van der Waals surface area (Å²) in [5.41, 5.74) is 5.34. The Labute approximate surface area is 159 Å². The Morgan fingerprint density at radius 3 is 2.89 bits per heavy atom. The highest BCUT2D eigenvalue weighted by molar-refractivity contribution is 5.73. The van der Waals surface area contributed by atoms with Crippen LogP contribution in [0.2, 0.25) is 0 Å². The van der Waals surface area contributed by atoms with Gasteiger partial charge in [-0.05, 0) is 42.2 Å². The highest BCUT2D eigenvalue weighted by atomic mass is 15.1. The first-order valence-electron chi connectivity index (χ1n) is 9.79. The molecule has 0 bridgehead atoms. The van der Waals surface area contributed by atoms with Crippen molar-refractivity contribution in [1.29, 1.82) is 0 Å². The van der Waals surface area contributed by atoms with Crippen molar-refractivity contribution in [3.8, 4) is 0 Å². The van der Waals surface area contributed by atoms with E-state index in [9.17, 15) is 0 Å². The van der Waals surface area contributed by atoms with Crippen LogP contribution in [0.5, 0.6) is 0 Å². The number of aromatic nitrogens is 3. The zero-order valence-electron chi connectivity index (χ0n) is 15.8. The molecule has 3 aromatic rings. The summed E-state index contributed by atoms with van der Waals surface area (Å²) in [5.74, 6) is 1.60. The Kier molecular flexibility index (Phi) is 5.32. The summed E-state index contributed by atoms with van der Waals surface area (Å²) in [7, 11) is 0. The molecule has 0 saturated carbocycles. The fourth-order valence-corrected chi connectivity index (χ4v) is 3.31. The first kappa shape index (κ1) is 17.5. The van der Waals surface area contributed by atoms with Gasteiger partial charge in [0.25, 0.3) is 0 Å². The fraction of sp³-hybridized carbons (Fsp3) is 0.381. The van der Waals surface area contributed by atoms with Gasteiger partial charge < -0.3 is 16.0 Å². The van der Waals surface area contributed by atoms with E-state index in [0.29, 0.717) is 12.2 Å². The van der Waals surface area contributed by atoms with Crippen molar-refractivity contribution in [2.75, 3.05) is 29.0 Å². The Balaban J connectivity index is 1.42. The van der Waals surface area contributed by atoms with Crippen LogP contribution in [0.25, 0.3) is 11.2 Å². The van der Waals surface area contributed by atoms with E-state index in [1.165, 1.54) is 29.7 Å². The lowest BCUT2D eigenvalue weighted by molar-refractivity contribution is 0.742. The Bertz CT molecular complexity index is 924. The first-order valence-corrected chi connectivity index (χ1v) is 9.79. The molecular formula is C21H26N6. The molecule has 1 aromatic carbocycles. The molecule has 0 aliphatic carbocycles. The lowest BCUT2D eigenvalue weighted by Gasteiger charge is -2.09. The van der Waals surface area contributed by atoms with Crippen LogP contribution in [0.15, 0.2) is 36.5 Å². The number of rotatable bonds is 8. The largest absolute Gasteiger partial charge is 0.384 e. The van der Waals surface area contributed by atoms with Crippen LogP contribution < -0.4 is 16.0 Å². The van der Waals surface area contributed by atoms with E-state index in [0.717, 1.165) is 43.1 Å². The lowest BCUT2D eigenvalue weighted by atomic mass is 10.1. The van der Waals surface area contributed by atoms with Crippen LogP contribution in [0.1, 0.15) is 37.3 Å². The molecule has 0 saturated heterocycles. The highest BCUT2D eigenvalue weighted by Crippen LogP contribution is 2.23. The number of benzene rings is 1. The van der Waals surface area contributed by atoms with Crippen LogP contribution in [0, 0.1) is 0 Å². The summed E-state index contributed by atoms with van der Waals surface area (Å²) in [6.07, 6.45) is 6.48. The van der Waals surface area contributed by atoms with Crippen molar-refractivity contribution in [2.24, 2.45) is 0 Å². The molecule has 0 unspecified atom stereocenters. The van der Waals surface area contributed by atoms with Crippen molar-refractivity contribution in [3.63, 3.8) is 0 Å². The topological polar surface area (TPSA) is 74.8 Å². The van der Waals surface area contributed by atoms with Crippen LogP contribution in [-0.4, -0.2) is 28.0 Å². The van der Waals surface area contributed by atoms with E-state index >= 15 is 0 Å². The van der Waals surface area contributed by atoms with Gasteiger partial charge in [-0.15, -0.1) is 0 Å². The monoisotopic (exact) mass is 362 g/mol. The second-order valence-corrected chi connectivity index (χ2v) is 6.95. The summed E-state index contributed by atoms with van der Waals surface area (Å²) < 4.78 is 0. The van der Waals surface area contributed by atoms with Crippen molar-refractivity contribution in [1.82, 2.24) is 15.0 Å². The third-order valence-corrected chi connectivity index (χ3v) is 4.85. The van der Waals surface area contributed by atoms with E-state index in [2.05, 4.69) is 56.0 Å². The van der Waals surface area contributed by atoms with Crippen molar-refractivity contribution in [3.05, 3.63) is 47.7 Å². The van der Waals surface area contributed by atoms with Gasteiger partial charge in [0.2, 0.25) is 0 Å². The quantitative estimate of drug-likeness (QED) is 0.521. The summed E-state index contributed by atoms with van der Waals surface area (Å²) in [5, 5.41) is 10.1. The maximum absolute atomic E-state index is 4.63. The van der Waals surface area contributed by atoms with Crippen molar-refractivity contribution < 1.29 is 0 Å². The molecule has 6 nitrogen and oxygen atoms in total. The van der Waals surface area contributed by atoms with Gasteiger partial charge in [0.1, 0.15) is 17.2 Å². The fourth-order valence-electron chi connectivity index (χ4n) is 3.31. The molecule has 27 heavy (non-hydrogen) atoms. The maximum atomic E-state index is 4.63. The Morgan fingerprint density at radius 2 is 1.96 bits per heavy atom. The zero-order chi connectivity index (χ0) is 18.5. The molecule has 0 atom stereocenters. The molecule has 3 N–H and O–H groups in total. The second-order valence-electron chi connectivity index (χ2n) is 6.95. The van der Waals surface area contributed by atoms with E-state index in [4.69, 9.17) is 0 Å². The summed E-state index contributed by atoms with van der Waals surface area (Å²) in [4.78, 5) is 13.7. The number of anilines is 3. The minimum atomic E-state index is 0.663. The molecule has 2 aromatic heterocycles. The lowest BCUT2D eigenvalue weighted by Crippen LogP contribution is -2.05. The van der Waals surface area contributed by atoms with Crippen LogP contribution in [0.4, 0.5) is 17.3 Å². The SMILES string of the molecule is CCCCCNc1ccc2ncc(NCc3ccc4c(c3)NCC4)nc2n1. The molecule has 1 aliphatic heterocycles. The minimum absolute atomic E-state index is 0.663. The predicted molar refractivity (Wildman–Crippen MR) is 111 cm³/mol. The first-order chi connectivity index (χ1) is 13.3. The zero-order valence-corrected chi connectivity index (χ0v) is 15.8. The van der Waals surface area contributed by atoms with E-state index in [1.807, 2.05) is 12.1 Å². The number of nitrogens with one attached hydrogen (secondary N) is 3. The number of hydrogen-bond acceptors (Lipinski definition) is 6. The molecular weight excluding hydrogens is 336 g/mol. The number of hydrogen-bond donors (Lipinski definition) is 3. The van der Waals surface area contributed by atoms with Gasteiger partial charge in [-0.2, -0.15) is 0 Å². The van der Waals surface area contributed by atoms with E-state index in [1.54, 1.807) is 6.20 Å². The number of unbranched alkanes of at least 4 members (excludes halogenated alkanes) is 2. The smallest absolute Gasteiger partial charge is 0.182 e. The molecule has 0 spiro atoms. The molecule has 0 fully saturated rings. The van der Waals surface area contributed by atoms with Crippen molar-refractivity contribution >= 4 is 28.5 Å². The van der Waals surface area contributed by atoms with Crippen LogP contribution >= 0.6 is 0 Å². The van der Waals surface area contributed by atoms with Crippen LogP contribution in [-0.2, 0) is 13.0 Å². The van der Waals surface area contributed by atoms with Crippen LogP contribution in [0.3, 0.4) is 0 Å². The molecule has 3 heterocycles. The third kappa shape index (κ3) is 4.27. The maximum Gasteiger partial charge on any atom is 0.182 e. The number of fused-ring (bicyclic) bond motifs is 2. The summed E-state index contributed by atoms with van der Waals surface area (Å²) in [6, 6.07) is 10.5. The Morgan fingerprint density at radius 1 is 1.04 bits per heavy atom. The van der Waals surface area contributed by atoms with E-state index < -0.39 is 0 Å². The minimum Gasteiger partial charge on any atom is -0.384 e. The standard InChI is InChI=1S/C21H26N6/c1-2-3-4-10-23-19-8-7-17-21(26-19)27-20(14-24-17)25-13-15-5-6-16-9-11-22-18(16)12-15/h5-8,12,14,22H,2-4,9-11,13H2,1H3,(H2,23,25,26,27). The predicted octanol–water partition coefficient (Wildman–Crippen LogP) is 4.21. The molecule has 0 radical (unpaired) electrons. The average molecular weight is 362 g/mol. The number of nitrogens with zero attached hydrogens (tertiary/aromatic N) is 3. The molecule has 1 aliphatic rings. The normalized spacial score (nSPS) is 12.6. The highest BCUT2D eigenvalue weighted by Gasteiger charge is 2.10. The van der Waals surface area contributed by atoms with Gasteiger partial charge in [0.15, 0.2) is 5.65 Å². The van der Waals surface area contributed by atoms with E-state index in [-0.39, 0.29) is 0 Å². The van der Waals surface area contributed by atoms with Gasteiger partial charge in [-0.3, -0.25) is 0 Å². The van der Waals surface area contributed by atoms with Gasteiger partial charge in [-0.25, -0.2) is 15.0 Å². The summed E-state index contributed by atoms with van der Waals surface area (Å²) >= 11 is 0. The van der Waals surface area contributed by atoms with Gasteiger partial charge in [-0.1, -0.05) is 31.9 Å². The Hall–Kier alpha value is -2.89. The molecule has 0 amide bonds. The number of pyridine rings is 1. The molecule has 4 rings (SSSR count). The van der Waals surface area contributed by atoms with Crippen molar-refractivity contribution in [2.45, 2.75) is 39.2 Å². The third-order valence-electron chi connectivity index (χ3n) is 4.85. The second kappa shape index (κ2) is 8.20. The summed E-state index contributed by atoms with van der Waals surface area (Å²) in [6.45, 7) is 4.88.